The highest BCUT2D eigenvalue weighted by molar-refractivity contribution is 7.13. The molecule has 0 atom stereocenters. The van der Waals surface area contributed by atoms with Crippen LogP contribution in [0, 0.1) is 0 Å². The maximum atomic E-state index is 13.1. The van der Waals surface area contributed by atoms with E-state index in [0.717, 1.165) is 16.0 Å². The van der Waals surface area contributed by atoms with Gasteiger partial charge < -0.3 is 19.3 Å². The molecule has 1 N–H and O–H groups in total. The van der Waals surface area contributed by atoms with Crippen LogP contribution >= 0.6 is 11.3 Å². The summed E-state index contributed by atoms with van der Waals surface area (Å²) < 4.78 is 16.5. The Balaban J connectivity index is 1.98. The van der Waals surface area contributed by atoms with Crippen LogP contribution in [0.3, 0.4) is 0 Å². The zero-order chi connectivity index (χ0) is 22.6. The van der Waals surface area contributed by atoms with E-state index in [1.54, 1.807) is 30.3 Å². The standard InChI is InChI=1S/C24H24O6S/c1-24(2,23(26)27)30-18-11-10-15(13-16(18)21-9-6-12-31-21)14-17(25)22-19(28-3)7-5-8-20(22)29-4/h5-13H,14H2,1-4H3,(H,26,27). The molecule has 3 rings (SSSR count). The van der Waals surface area contributed by atoms with Crippen molar-refractivity contribution in [2.24, 2.45) is 0 Å². The Bertz CT molecular complexity index is 1060. The van der Waals surface area contributed by atoms with Crippen molar-refractivity contribution < 1.29 is 28.9 Å². The second-order valence-corrected chi connectivity index (χ2v) is 8.31. The van der Waals surface area contributed by atoms with E-state index < -0.39 is 11.6 Å². The molecule has 31 heavy (non-hydrogen) atoms. The Morgan fingerprint density at radius 3 is 2.19 bits per heavy atom. The number of ether oxygens (including phenoxy) is 3. The van der Waals surface area contributed by atoms with E-state index in [0.29, 0.717) is 22.8 Å². The fraction of sp³-hybridized carbons (Fsp3) is 0.250. The Hall–Kier alpha value is -3.32. The van der Waals surface area contributed by atoms with Crippen LogP contribution in [0.1, 0.15) is 29.8 Å². The van der Waals surface area contributed by atoms with Crippen LogP contribution in [0.5, 0.6) is 17.2 Å². The molecular formula is C24H24O6S. The fourth-order valence-corrected chi connectivity index (χ4v) is 3.87. The number of carboxylic acids is 1. The summed E-state index contributed by atoms with van der Waals surface area (Å²) in [5.41, 5.74) is 0.495. The molecule has 0 fully saturated rings. The fourth-order valence-electron chi connectivity index (χ4n) is 3.12. The zero-order valence-corrected chi connectivity index (χ0v) is 18.6. The average Bonchev–Trinajstić information content (AvgIpc) is 3.28. The minimum absolute atomic E-state index is 0.123. The number of methoxy groups -OCH3 is 2. The van der Waals surface area contributed by atoms with Gasteiger partial charge in [-0.25, -0.2) is 4.79 Å². The first kappa shape index (κ1) is 22.4. The Kier molecular flexibility index (Phi) is 6.65. The maximum Gasteiger partial charge on any atom is 0.347 e. The van der Waals surface area contributed by atoms with E-state index in [1.165, 1.54) is 39.4 Å². The van der Waals surface area contributed by atoms with Crippen LogP contribution in [-0.2, 0) is 11.2 Å². The molecule has 0 spiro atoms. The lowest BCUT2D eigenvalue weighted by atomic mass is 9.99. The molecule has 7 heteroatoms. The van der Waals surface area contributed by atoms with Crippen molar-refractivity contribution in [3.63, 3.8) is 0 Å². The summed E-state index contributed by atoms with van der Waals surface area (Å²) in [5.74, 6) is 0.135. The Labute approximate surface area is 185 Å². The molecule has 0 aliphatic heterocycles. The van der Waals surface area contributed by atoms with Gasteiger partial charge in [-0.1, -0.05) is 18.2 Å². The molecule has 0 amide bonds. The van der Waals surface area contributed by atoms with Gasteiger partial charge in [0.2, 0.25) is 0 Å². The number of carbonyl (C=O) groups excluding carboxylic acids is 1. The van der Waals surface area contributed by atoms with E-state index in [-0.39, 0.29) is 12.2 Å². The highest BCUT2D eigenvalue weighted by Crippen LogP contribution is 2.37. The number of carbonyl (C=O) groups is 2. The van der Waals surface area contributed by atoms with Gasteiger partial charge in [-0.3, -0.25) is 4.79 Å². The Morgan fingerprint density at radius 2 is 1.65 bits per heavy atom. The highest BCUT2D eigenvalue weighted by Gasteiger charge is 2.30. The predicted molar refractivity (Wildman–Crippen MR) is 120 cm³/mol. The smallest absolute Gasteiger partial charge is 0.347 e. The number of rotatable bonds is 9. The zero-order valence-electron chi connectivity index (χ0n) is 17.8. The number of thiophene rings is 1. The number of aliphatic carboxylic acids is 1. The molecule has 0 bridgehead atoms. The first-order chi connectivity index (χ1) is 14.8. The molecule has 6 nitrogen and oxygen atoms in total. The van der Waals surface area contributed by atoms with Crippen LogP contribution in [0.15, 0.2) is 53.9 Å². The van der Waals surface area contributed by atoms with Crippen molar-refractivity contribution in [1.29, 1.82) is 0 Å². The monoisotopic (exact) mass is 440 g/mol. The minimum Gasteiger partial charge on any atom is -0.496 e. The molecule has 1 aromatic heterocycles. The maximum absolute atomic E-state index is 13.1. The lowest BCUT2D eigenvalue weighted by Gasteiger charge is -2.23. The van der Waals surface area contributed by atoms with Crippen molar-refractivity contribution in [2.45, 2.75) is 25.9 Å². The first-order valence-electron chi connectivity index (χ1n) is 9.60. The van der Waals surface area contributed by atoms with Crippen molar-refractivity contribution >= 4 is 23.1 Å². The van der Waals surface area contributed by atoms with Crippen LogP contribution in [0.2, 0.25) is 0 Å². The molecule has 0 aliphatic rings. The molecule has 0 unspecified atom stereocenters. The van der Waals surface area contributed by atoms with Gasteiger partial charge in [0.15, 0.2) is 11.4 Å². The van der Waals surface area contributed by atoms with Gasteiger partial charge in [-0.2, -0.15) is 0 Å². The summed E-state index contributed by atoms with van der Waals surface area (Å²) in [6, 6.07) is 14.4. The number of Topliss-reactive ketones (excluding diaryl/α,β-unsaturated/α-hetero) is 1. The van der Waals surface area contributed by atoms with E-state index in [2.05, 4.69) is 0 Å². The number of hydrogen-bond acceptors (Lipinski definition) is 6. The second-order valence-electron chi connectivity index (χ2n) is 7.36. The molecule has 2 aromatic carbocycles. The van der Waals surface area contributed by atoms with Gasteiger partial charge in [0.25, 0.3) is 0 Å². The SMILES string of the molecule is COc1cccc(OC)c1C(=O)Cc1ccc(OC(C)(C)C(=O)O)c(-c2cccs2)c1. The lowest BCUT2D eigenvalue weighted by Crippen LogP contribution is -2.38. The average molecular weight is 441 g/mol. The van der Waals surface area contributed by atoms with E-state index in [9.17, 15) is 14.7 Å². The lowest BCUT2D eigenvalue weighted by molar-refractivity contribution is -0.152. The van der Waals surface area contributed by atoms with Gasteiger partial charge in [0.05, 0.1) is 14.2 Å². The third-order valence-corrected chi connectivity index (χ3v) is 5.69. The summed E-state index contributed by atoms with van der Waals surface area (Å²) in [4.78, 5) is 25.5. The van der Waals surface area contributed by atoms with Gasteiger partial charge in [-0.15, -0.1) is 11.3 Å². The molecule has 1 heterocycles. The summed E-state index contributed by atoms with van der Waals surface area (Å²) in [5, 5.41) is 11.4. The molecule has 0 aliphatic carbocycles. The minimum atomic E-state index is -1.39. The third kappa shape index (κ3) is 4.88. The van der Waals surface area contributed by atoms with Gasteiger partial charge >= 0.3 is 5.97 Å². The predicted octanol–water partition coefficient (Wildman–Crippen LogP) is 5.10. The molecule has 3 aromatic rings. The van der Waals surface area contributed by atoms with Gasteiger partial charge in [-0.05, 0) is 55.1 Å². The van der Waals surface area contributed by atoms with E-state index in [1.807, 2.05) is 23.6 Å². The number of hydrogen-bond donors (Lipinski definition) is 1. The van der Waals surface area contributed by atoms with E-state index in [4.69, 9.17) is 14.2 Å². The van der Waals surface area contributed by atoms with Crippen molar-refractivity contribution in [3.05, 3.63) is 65.0 Å². The van der Waals surface area contributed by atoms with Crippen molar-refractivity contribution in [3.8, 4) is 27.7 Å². The molecule has 0 saturated carbocycles. The van der Waals surface area contributed by atoms with Crippen LogP contribution in [0.4, 0.5) is 0 Å². The largest absolute Gasteiger partial charge is 0.496 e. The van der Waals surface area contributed by atoms with Gasteiger partial charge in [0.1, 0.15) is 22.8 Å². The van der Waals surface area contributed by atoms with Gasteiger partial charge in [0, 0.05) is 16.9 Å². The number of benzene rings is 2. The van der Waals surface area contributed by atoms with Crippen molar-refractivity contribution in [1.82, 2.24) is 0 Å². The summed E-state index contributed by atoms with van der Waals surface area (Å²) in [7, 11) is 3.02. The van der Waals surface area contributed by atoms with Crippen LogP contribution in [0.25, 0.3) is 10.4 Å². The quantitative estimate of drug-likeness (QED) is 0.466. The van der Waals surface area contributed by atoms with E-state index >= 15 is 0 Å². The number of carboxylic acid groups (broad SMARTS) is 1. The van der Waals surface area contributed by atoms with Crippen molar-refractivity contribution in [2.75, 3.05) is 14.2 Å². The summed E-state index contributed by atoms with van der Waals surface area (Å²) >= 11 is 1.51. The van der Waals surface area contributed by atoms with Crippen LogP contribution < -0.4 is 14.2 Å². The topological polar surface area (TPSA) is 82.1 Å². The normalized spacial score (nSPS) is 11.1. The highest BCUT2D eigenvalue weighted by atomic mass is 32.1. The molecular weight excluding hydrogens is 416 g/mol. The number of ketones is 1. The molecule has 0 radical (unpaired) electrons. The first-order valence-corrected chi connectivity index (χ1v) is 10.5. The second kappa shape index (κ2) is 9.22. The summed E-state index contributed by atoms with van der Waals surface area (Å²) in [6.07, 6.45) is 0.123. The Morgan fingerprint density at radius 1 is 0.968 bits per heavy atom. The molecule has 0 saturated heterocycles. The molecule has 162 valence electrons. The van der Waals surface area contributed by atoms with Crippen LogP contribution in [-0.4, -0.2) is 36.7 Å². The summed E-state index contributed by atoms with van der Waals surface area (Å²) in [6.45, 7) is 3.00. The third-order valence-electron chi connectivity index (χ3n) is 4.78.